The average Bonchev–Trinajstić information content (AvgIpc) is 3.51. The highest BCUT2D eigenvalue weighted by atomic mass is 35.5. The molecule has 33 heavy (non-hydrogen) atoms. The summed E-state index contributed by atoms with van der Waals surface area (Å²) in [6.07, 6.45) is 3.26. The average molecular weight is 495 g/mol. The van der Waals surface area contributed by atoms with Gasteiger partial charge in [0.05, 0.1) is 24.4 Å². The van der Waals surface area contributed by atoms with Gasteiger partial charge in [-0.25, -0.2) is 9.37 Å². The molecule has 2 fully saturated rings. The van der Waals surface area contributed by atoms with Crippen molar-refractivity contribution in [1.82, 2.24) is 14.8 Å². The summed E-state index contributed by atoms with van der Waals surface area (Å²) in [6, 6.07) is 4.21. The van der Waals surface area contributed by atoms with Crippen LogP contribution in [0.5, 0.6) is 5.75 Å². The number of benzene rings is 1. The van der Waals surface area contributed by atoms with Gasteiger partial charge in [0.15, 0.2) is 11.6 Å². The normalized spacial score (nSPS) is 25.2. The fraction of sp³-hybridized carbons (Fsp3) is 0.364. The molecule has 2 aliphatic heterocycles. The van der Waals surface area contributed by atoms with E-state index < -0.39 is 18.0 Å². The summed E-state index contributed by atoms with van der Waals surface area (Å²) in [6.45, 7) is 2.35. The molecule has 3 N–H and O–H groups in total. The van der Waals surface area contributed by atoms with E-state index in [4.69, 9.17) is 43.1 Å². The van der Waals surface area contributed by atoms with Crippen molar-refractivity contribution in [2.75, 3.05) is 18.9 Å². The number of nitrogen functional groups attached to an aromatic ring is 1. The van der Waals surface area contributed by atoms with Gasteiger partial charge in [-0.1, -0.05) is 23.2 Å². The van der Waals surface area contributed by atoms with Crippen molar-refractivity contribution in [1.29, 1.82) is 0 Å². The molecule has 0 spiro atoms. The number of ether oxygens (including phenoxy) is 3. The third kappa shape index (κ3) is 4.04. The Hall–Kier alpha value is -2.43. The summed E-state index contributed by atoms with van der Waals surface area (Å²) in [4.78, 5) is 4.23. The summed E-state index contributed by atoms with van der Waals surface area (Å²) >= 11 is 12.3. The standard InChI is InChI=1S/C22H21Cl2FN4O4/c1-10(18-13(23)2-3-14(25)19(18)24)33-17-4-11(5-27-22(17)26)12-6-28-29(7-12)15-8-31-21-16(30)9-32-20(15)21/h2-7,10,15-16,20-21,30H,8-9H2,1H3,(H2,26,27)/t10-,15?,16-,20+,21+/m1/s1. The van der Waals surface area contributed by atoms with Crippen molar-refractivity contribution in [3.63, 3.8) is 0 Å². The minimum absolute atomic E-state index is 0.102. The number of nitrogens with two attached hydrogens (primary N) is 1. The lowest BCUT2D eigenvalue weighted by molar-refractivity contribution is 0.0169. The van der Waals surface area contributed by atoms with Gasteiger partial charge >= 0.3 is 0 Å². The first-order valence-electron chi connectivity index (χ1n) is 10.3. The first kappa shape index (κ1) is 22.4. The number of rotatable bonds is 5. The Morgan fingerprint density at radius 2 is 2.00 bits per heavy atom. The van der Waals surface area contributed by atoms with Crippen LogP contribution in [0.25, 0.3) is 11.1 Å². The molecule has 174 valence electrons. The maximum atomic E-state index is 13.9. The van der Waals surface area contributed by atoms with Crippen LogP contribution in [0.3, 0.4) is 0 Å². The smallest absolute Gasteiger partial charge is 0.166 e. The number of fused-ring (bicyclic) bond motifs is 1. The molecule has 0 amide bonds. The highest BCUT2D eigenvalue weighted by Gasteiger charge is 2.48. The fourth-order valence-electron chi connectivity index (χ4n) is 4.23. The molecule has 8 nitrogen and oxygen atoms in total. The zero-order valence-electron chi connectivity index (χ0n) is 17.5. The largest absolute Gasteiger partial charge is 0.482 e. The van der Waals surface area contributed by atoms with Crippen molar-refractivity contribution < 1.29 is 23.7 Å². The van der Waals surface area contributed by atoms with Crippen LogP contribution in [-0.2, 0) is 9.47 Å². The summed E-state index contributed by atoms with van der Waals surface area (Å²) in [5.74, 6) is -0.117. The molecule has 2 aromatic heterocycles. The summed E-state index contributed by atoms with van der Waals surface area (Å²) < 4.78 is 33.0. The topological polar surface area (TPSA) is 105 Å². The van der Waals surface area contributed by atoms with Crippen LogP contribution in [0, 0.1) is 5.82 Å². The fourth-order valence-corrected chi connectivity index (χ4v) is 4.90. The van der Waals surface area contributed by atoms with Gasteiger partial charge in [-0.2, -0.15) is 5.10 Å². The Balaban J connectivity index is 1.38. The van der Waals surface area contributed by atoms with E-state index in [1.54, 1.807) is 30.1 Å². The Kier molecular flexibility index (Phi) is 5.92. The number of nitrogens with zero attached hydrogens (tertiary/aromatic N) is 3. The van der Waals surface area contributed by atoms with E-state index in [-0.39, 0.29) is 40.7 Å². The quantitative estimate of drug-likeness (QED) is 0.519. The molecule has 4 heterocycles. The molecule has 5 rings (SSSR count). The Labute approximate surface area is 199 Å². The molecule has 2 saturated heterocycles. The molecular weight excluding hydrogens is 474 g/mol. The number of aliphatic hydroxyl groups is 1. The predicted octanol–water partition coefficient (Wildman–Crippen LogP) is 3.81. The van der Waals surface area contributed by atoms with Gasteiger partial charge in [-0.3, -0.25) is 4.68 Å². The van der Waals surface area contributed by atoms with E-state index in [0.717, 1.165) is 11.1 Å². The zero-order valence-corrected chi connectivity index (χ0v) is 19.0. The number of pyridine rings is 1. The van der Waals surface area contributed by atoms with Crippen LogP contribution < -0.4 is 10.5 Å². The van der Waals surface area contributed by atoms with E-state index in [9.17, 15) is 9.50 Å². The van der Waals surface area contributed by atoms with Crippen LogP contribution in [0.2, 0.25) is 10.0 Å². The lowest BCUT2D eigenvalue weighted by atomic mass is 10.1. The van der Waals surface area contributed by atoms with Crippen molar-refractivity contribution in [2.45, 2.75) is 37.4 Å². The molecule has 0 bridgehead atoms. The van der Waals surface area contributed by atoms with E-state index in [1.807, 2.05) is 6.20 Å². The molecule has 5 atom stereocenters. The minimum Gasteiger partial charge on any atom is -0.482 e. The molecule has 1 unspecified atom stereocenters. The van der Waals surface area contributed by atoms with Gasteiger partial charge in [0.1, 0.15) is 36.3 Å². The van der Waals surface area contributed by atoms with Crippen LogP contribution >= 0.6 is 23.2 Å². The SMILES string of the molecule is C[C@@H](Oc1cc(-c2cnn(C3CO[C@H]4[C@H](O)CO[C@@H]34)c2)cnc1N)c1c(Cl)ccc(F)c1Cl. The molecular formula is C22H21Cl2FN4O4. The van der Waals surface area contributed by atoms with Crippen molar-refractivity contribution in [3.8, 4) is 16.9 Å². The summed E-state index contributed by atoms with van der Waals surface area (Å²) in [5.41, 5.74) is 7.85. The lowest BCUT2D eigenvalue weighted by Crippen LogP contribution is -2.30. The predicted molar refractivity (Wildman–Crippen MR) is 120 cm³/mol. The van der Waals surface area contributed by atoms with Crippen molar-refractivity contribution in [2.24, 2.45) is 0 Å². The lowest BCUT2D eigenvalue weighted by Gasteiger charge is -2.19. The number of halogens is 3. The zero-order chi connectivity index (χ0) is 23.3. The number of aliphatic hydroxyl groups excluding tert-OH is 1. The van der Waals surface area contributed by atoms with Crippen LogP contribution in [0.15, 0.2) is 36.8 Å². The highest BCUT2D eigenvalue weighted by Crippen LogP contribution is 2.38. The molecule has 3 aromatic rings. The number of anilines is 1. The molecule has 0 aliphatic carbocycles. The Morgan fingerprint density at radius 3 is 2.82 bits per heavy atom. The van der Waals surface area contributed by atoms with Crippen LogP contribution in [0.4, 0.5) is 10.2 Å². The van der Waals surface area contributed by atoms with E-state index in [0.29, 0.717) is 17.9 Å². The van der Waals surface area contributed by atoms with E-state index in [2.05, 4.69) is 10.1 Å². The second-order valence-corrected chi connectivity index (χ2v) is 8.85. The molecule has 0 saturated carbocycles. The highest BCUT2D eigenvalue weighted by molar-refractivity contribution is 6.36. The molecule has 0 radical (unpaired) electrons. The number of hydrogen-bond acceptors (Lipinski definition) is 7. The molecule has 1 aromatic carbocycles. The monoisotopic (exact) mass is 494 g/mol. The van der Waals surface area contributed by atoms with Gasteiger partial charge in [0.2, 0.25) is 0 Å². The summed E-state index contributed by atoms with van der Waals surface area (Å²) in [5, 5.41) is 14.6. The summed E-state index contributed by atoms with van der Waals surface area (Å²) in [7, 11) is 0. The molecule has 2 aliphatic rings. The van der Waals surface area contributed by atoms with Crippen LogP contribution in [-0.4, -0.2) is 51.4 Å². The first-order valence-corrected chi connectivity index (χ1v) is 11.1. The Bertz CT molecular complexity index is 1190. The Morgan fingerprint density at radius 1 is 1.21 bits per heavy atom. The maximum absolute atomic E-state index is 13.9. The van der Waals surface area contributed by atoms with Crippen molar-refractivity contribution >= 4 is 29.0 Å². The van der Waals surface area contributed by atoms with Gasteiger partial charge < -0.3 is 25.1 Å². The maximum Gasteiger partial charge on any atom is 0.166 e. The number of aromatic nitrogens is 3. The third-order valence-electron chi connectivity index (χ3n) is 5.95. The number of hydrogen-bond donors (Lipinski definition) is 2. The second kappa shape index (κ2) is 8.73. The van der Waals surface area contributed by atoms with Gasteiger partial charge in [0, 0.05) is 34.1 Å². The van der Waals surface area contributed by atoms with E-state index in [1.165, 1.54) is 12.1 Å². The molecule has 11 heteroatoms. The van der Waals surface area contributed by atoms with Gasteiger partial charge in [-0.15, -0.1) is 0 Å². The third-order valence-corrected chi connectivity index (χ3v) is 6.66. The minimum atomic E-state index is -0.679. The van der Waals surface area contributed by atoms with Gasteiger partial charge in [0.25, 0.3) is 0 Å². The van der Waals surface area contributed by atoms with Crippen LogP contribution in [0.1, 0.15) is 24.6 Å². The van der Waals surface area contributed by atoms with E-state index >= 15 is 0 Å². The first-order chi connectivity index (χ1) is 15.8. The van der Waals surface area contributed by atoms with Crippen molar-refractivity contribution in [3.05, 3.63) is 58.2 Å². The second-order valence-electron chi connectivity index (χ2n) is 8.06. The van der Waals surface area contributed by atoms with Gasteiger partial charge in [-0.05, 0) is 25.1 Å².